The molecule has 0 heterocycles. The molecule has 1 fully saturated rings. The Morgan fingerprint density at radius 1 is 1.44 bits per heavy atom. The Hall–Kier alpha value is -1.35. The maximum absolute atomic E-state index is 11.9. The largest absolute Gasteiger partial charge is 0.468 e. The maximum atomic E-state index is 11.9. The van der Waals surface area contributed by atoms with Crippen molar-refractivity contribution < 1.29 is 9.53 Å². The minimum atomic E-state index is -0.338. The number of esters is 1. The number of benzene rings is 1. The lowest BCUT2D eigenvalue weighted by Gasteiger charge is -2.19. The van der Waals surface area contributed by atoms with Crippen LogP contribution in [0.4, 0.5) is 0 Å². The second kappa shape index (κ2) is 5.53. The summed E-state index contributed by atoms with van der Waals surface area (Å²) in [5.41, 5.74) is 3.32. The van der Waals surface area contributed by atoms with Crippen LogP contribution in [0.5, 0.6) is 0 Å². The summed E-state index contributed by atoms with van der Waals surface area (Å²) in [4.78, 5) is 11.9. The molecule has 1 aromatic carbocycles. The van der Waals surface area contributed by atoms with Crippen LogP contribution in [0.25, 0.3) is 0 Å². The molecule has 1 aliphatic rings. The van der Waals surface area contributed by atoms with E-state index in [2.05, 4.69) is 23.5 Å². The van der Waals surface area contributed by atoms with Crippen molar-refractivity contribution >= 4 is 5.97 Å². The van der Waals surface area contributed by atoms with E-state index < -0.39 is 0 Å². The number of ether oxygens (including phenoxy) is 1. The molecule has 0 saturated heterocycles. The first-order valence-corrected chi connectivity index (χ1v) is 6.50. The predicted octanol–water partition coefficient (Wildman–Crippen LogP) is 2.52. The fourth-order valence-electron chi connectivity index (χ4n) is 2.12. The van der Waals surface area contributed by atoms with Gasteiger partial charge in [-0.1, -0.05) is 23.8 Å². The van der Waals surface area contributed by atoms with E-state index in [1.807, 2.05) is 13.8 Å². The average molecular weight is 247 g/mol. The Morgan fingerprint density at radius 2 is 2.17 bits per heavy atom. The van der Waals surface area contributed by atoms with Gasteiger partial charge in [-0.25, -0.2) is 4.79 Å². The molecule has 0 radical (unpaired) electrons. The molecule has 1 aromatic rings. The molecule has 3 heteroatoms. The third-order valence-corrected chi connectivity index (χ3v) is 3.49. The van der Waals surface area contributed by atoms with Gasteiger partial charge in [0.2, 0.25) is 0 Å². The van der Waals surface area contributed by atoms with Crippen molar-refractivity contribution in [1.29, 1.82) is 0 Å². The maximum Gasteiger partial charge on any atom is 0.327 e. The van der Waals surface area contributed by atoms with Gasteiger partial charge in [0, 0.05) is 0 Å². The molecule has 98 valence electrons. The molecular weight excluding hydrogens is 226 g/mol. The van der Waals surface area contributed by atoms with Gasteiger partial charge in [-0.15, -0.1) is 0 Å². The molecule has 18 heavy (non-hydrogen) atoms. The summed E-state index contributed by atoms with van der Waals surface area (Å²) in [7, 11) is 1.44. The van der Waals surface area contributed by atoms with Crippen LogP contribution in [0.1, 0.15) is 35.6 Å². The first kappa shape index (κ1) is 13.1. The third-order valence-electron chi connectivity index (χ3n) is 3.49. The van der Waals surface area contributed by atoms with Crippen molar-refractivity contribution in [3.8, 4) is 0 Å². The second-order valence-electron chi connectivity index (χ2n) is 5.17. The summed E-state index contributed by atoms with van der Waals surface area (Å²) in [6.07, 6.45) is 2.54. The van der Waals surface area contributed by atoms with Gasteiger partial charge in [-0.05, 0) is 50.3 Å². The van der Waals surface area contributed by atoms with Crippen molar-refractivity contribution in [1.82, 2.24) is 5.32 Å². The topological polar surface area (TPSA) is 38.3 Å². The molecule has 1 N–H and O–H groups in total. The van der Waals surface area contributed by atoms with Crippen LogP contribution in [-0.4, -0.2) is 19.6 Å². The highest BCUT2D eigenvalue weighted by molar-refractivity contribution is 5.78. The average Bonchev–Trinajstić information content (AvgIpc) is 3.17. The van der Waals surface area contributed by atoms with E-state index in [0.29, 0.717) is 0 Å². The van der Waals surface area contributed by atoms with E-state index in [1.54, 1.807) is 0 Å². The second-order valence-corrected chi connectivity index (χ2v) is 5.17. The van der Waals surface area contributed by atoms with Crippen LogP contribution in [-0.2, 0) is 9.53 Å². The molecule has 2 rings (SSSR count). The van der Waals surface area contributed by atoms with E-state index in [9.17, 15) is 4.79 Å². The van der Waals surface area contributed by atoms with E-state index in [1.165, 1.54) is 20.0 Å². The van der Waals surface area contributed by atoms with Crippen LogP contribution in [0, 0.1) is 19.8 Å². The summed E-state index contributed by atoms with van der Waals surface area (Å²) >= 11 is 0. The third kappa shape index (κ3) is 3.10. The van der Waals surface area contributed by atoms with Gasteiger partial charge in [-0.3, -0.25) is 0 Å². The van der Waals surface area contributed by atoms with Gasteiger partial charge >= 0.3 is 5.97 Å². The van der Waals surface area contributed by atoms with Crippen molar-refractivity contribution in [2.24, 2.45) is 5.92 Å². The first-order chi connectivity index (χ1) is 8.61. The van der Waals surface area contributed by atoms with Crippen LogP contribution in [0.15, 0.2) is 18.2 Å². The normalized spacial score (nSPS) is 16.4. The Morgan fingerprint density at radius 3 is 2.78 bits per heavy atom. The number of carbonyl (C=O) groups excluding carboxylic acids is 1. The zero-order chi connectivity index (χ0) is 13.1. The summed E-state index contributed by atoms with van der Waals surface area (Å²) < 4.78 is 4.91. The van der Waals surface area contributed by atoms with Crippen molar-refractivity contribution in [3.63, 3.8) is 0 Å². The highest BCUT2D eigenvalue weighted by Crippen LogP contribution is 2.29. The highest BCUT2D eigenvalue weighted by Gasteiger charge is 2.27. The lowest BCUT2D eigenvalue weighted by molar-refractivity contribution is -0.143. The highest BCUT2D eigenvalue weighted by atomic mass is 16.5. The molecule has 0 spiro atoms. The standard InChI is InChI=1S/C15H21NO2/c1-10-4-5-11(2)13(8-10)14(15(17)18-3)16-9-12-6-7-12/h4-5,8,12,14,16H,6-7,9H2,1-3H3. The minimum absolute atomic E-state index is 0.204. The SMILES string of the molecule is COC(=O)C(NCC1CC1)c1cc(C)ccc1C. The molecular formula is C15H21NO2. The number of hydrogen-bond donors (Lipinski definition) is 1. The van der Waals surface area contributed by atoms with Gasteiger partial charge in [0.15, 0.2) is 0 Å². The fraction of sp³-hybridized carbons (Fsp3) is 0.533. The predicted molar refractivity (Wildman–Crippen MR) is 71.4 cm³/mol. The number of methoxy groups -OCH3 is 1. The molecule has 0 bridgehead atoms. The number of carbonyl (C=O) groups is 1. The van der Waals surface area contributed by atoms with Crippen molar-refractivity contribution in [2.75, 3.05) is 13.7 Å². The molecule has 1 atom stereocenters. The summed E-state index contributed by atoms with van der Waals surface area (Å²) in [5, 5.41) is 3.34. The zero-order valence-corrected chi connectivity index (χ0v) is 11.3. The van der Waals surface area contributed by atoms with Crippen LogP contribution < -0.4 is 5.32 Å². The Labute approximate surface area is 109 Å². The quantitative estimate of drug-likeness (QED) is 0.812. The first-order valence-electron chi connectivity index (χ1n) is 6.50. The lowest BCUT2D eigenvalue weighted by atomic mass is 9.98. The lowest BCUT2D eigenvalue weighted by Crippen LogP contribution is -2.31. The van der Waals surface area contributed by atoms with Crippen molar-refractivity contribution in [3.05, 3.63) is 34.9 Å². The molecule has 1 aliphatic carbocycles. The van der Waals surface area contributed by atoms with Gasteiger partial charge in [0.1, 0.15) is 6.04 Å². The van der Waals surface area contributed by atoms with E-state index in [4.69, 9.17) is 4.74 Å². The van der Waals surface area contributed by atoms with Gasteiger partial charge in [-0.2, -0.15) is 0 Å². The minimum Gasteiger partial charge on any atom is -0.468 e. The van der Waals surface area contributed by atoms with E-state index in [-0.39, 0.29) is 12.0 Å². The molecule has 1 unspecified atom stereocenters. The van der Waals surface area contributed by atoms with Crippen LogP contribution in [0.2, 0.25) is 0 Å². The van der Waals surface area contributed by atoms with Gasteiger partial charge < -0.3 is 10.1 Å². The number of rotatable bonds is 5. The Balaban J connectivity index is 2.19. The smallest absolute Gasteiger partial charge is 0.327 e. The molecule has 0 amide bonds. The molecule has 0 aromatic heterocycles. The number of nitrogens with one attached hydrogen (secondary N) is 1. The van der Waals surface area contributed by atoms with E-state index >= 15 is 0 Å². The molecule has 0 aliphatic heterocycles. The van der Waals surface area contributed by atoms with Gasteiger partial charge in [0.05, 0.1) is 7.11 Å². The molecule has 3 nitrogen and oxygen atoms in total. The van der Waals surface area contributed by atoms with Crippen LogP contribution >= 0.6 is 0 Å². The Kier molecular flexibility index (Phi) is 4.02. The zero-order valence-electron chi connectivity index (χ0n) is 11.3. The van der Waals surface area contributed by atoms with Gasteiger partial charge in [0.25, 0.3) is 0 Å². The van der Waals surface area contributed by atoms with E-state index in [0.717, 1.165) is 29.2 Å². The van der Waals surface area contributed by atoms with Crippen LogP contribution in [0.3, 0.4) is 0 Å². The summed E-state index contributed by atoms with van der Waals surface area (Å²) in [6.45, 7) is 4.97. The summed E-state index contributed by atoms with van der Waals surface area (Å²) in [6, 6.07) is 5.85. The number of aryl methyl sites for hydroxylation is 2. The number of hydrogen-bond acceptors (Lipinski definition) is 3. The monoisotopic (exact) mass is 247 g/mol. The Bertz CT molecular complexity index is 438. The fourth-order valence-corrected chi connectivity index (χ4v) is 2.12. The molecule has 1 saturated carbocycles. The van der Waals surface area contributed by atoms with Crippen molar-refractivity contribution in [2.45, 2.75) is 32.7 Å². The summed E-state index contributed by atoms with van der Waals surface area (Å²) in [5.74, 6) is 0.534.